The van der Waals surface area contributed by atoms with E-state index in [2.05, 4.69) is 15.0 Å². The van der Waals surface area contributed by atoms with E-state index < -0.39 is 15.9 Å². The van der Waals surface area contributed by atoms with Gasteiger partial charge in [0.2, 0.25) is 0 Å². The maximum atomic E-state index is 12.9. The van der Waals surface area contributed by atoms with Crippen molar-refractivity contribution in [2.45, 2.75) is 11.8 Å². The minimum absolute atomic E-state index is 0.115. The van der Waals surface area contributed by atoms with E-state index in [4.69, 9.17) is 11.6 Å². The van der Waals surface area contributed by atoms with Crippen molar-refractivity contribution >= 4 is 59.9 Å². The van der Waals surface area contributed by atoms with E-state index >= 15 is 0 Å². The Morgan fingerprint density at radius 2 is 1.73 bits per heavy atom. The summed E-state index contributed by atoms with van der Waals surface area (Å²) in [5, 5.41) is 3.59. The number of aromatic nitrogens is 1. The summed E-state index contributed by atoms with van der Waals surface area (Å²) in [6, 6.07) is 18.3. The molecule has 0 fully saturated rings. The normalized spacial score (nSPS) is 11.4. The van der Waals surface area contributed by atoms with Gasteiger partial charge in [-0.05, 0) is 43.3 Å². The van der Waals surface area contributed by atoms with Gasteiger partial charge in [0.25, 0.3) is 15.9 Å². The van der Waals surface area contributed by atoms with Gasteiger partial charge in [0.1, 0.15) is 5.52 Å². The molecular formula is C21H16ClN3O3S2. The molecule has 0 saturated heterocycles. The number of hydrogen-bond donors (Lipinski definition) is 2. The molecule has 9 heteroatoms. The van der Waals surface area contributed by atoms with Crippen LogP contribution in [0.1, 0.15) is 15.9 Å². The van der Waals surface area contributed by atoms with Crippen LogP contribution in [0.2, 0.25) is 5.02 Å². The SMILES string of the molecule is Cc1ccc(S(=O)(=O)Nc2ccccc2C(=O)Nc2nc3c(Cl)cccc3s2)cc1. The highest BCUT2D eigenvalue weighted by Crippen LogP contribution is 2.31. The van der Waals surface area contributed by atoms with Gasteiger partial charge in [0.15, 0.2) is 5.13 Å². The molecule has 0 saturated carbocycles. The summed E-state index contributed by atoms with van der Waals surface area (Å²) < 4.78 is 28.8. The lowest BCUT2D eigenvalue weighted by molar-refractivity contribution is 0.102. The molecule has 0 aliphatic heterocycles. The summed E-state index contributed by atoms with van der Waals surface area (Å²) in [6.07, 6.45) is 0. The van der Waals surface area contributed by atoms with Gasteiger partial charge >= 0.3 is 0 Å². The molecule has 0 aliphatic carbocycles. The quantitative estimate of drug-likeness (QED) is 0.425. The number of rotatable bonds is 5. The van der Waals surface area contributed by atoms with Crippen LogP contribution in [0.3, 0.4) is 0 Å². The first-order valence-corrected chi connectivity index (χ1v) is 11.6. The van der Waals surface area contributed by atoms with Crippen LogP contribution in [0.5, 0.6) is 0 Å². The number of para-hydroxylation sites is 2. The molecule has 4 rings (SSSR count). The number of aryl methyl sites for hydroxylation is 1. The van der Waals surface area contributed by atoms with Crippen molar-refractivity contribution in [3.05, 3.63) is 82.9 Å². The topological polar surface area (TPSA) is 88.2 Å². The van der Waals surface area contributed by atoms with Gasteiger partial charge in [-0.2, -0.15) is 0 Å². The Morgan fingerprint density at radius 3 is 2.47 bits per heavy atom. The number of sulfonamides is 1. The zero-order valence-corrected chi connectivity index (χ0v) is 18.1. The van der Waals surface area contributed by atoms with Gasteiger partial charge in [0.05, 0.1) is 25.9 Å². The predicted molar refractivity (Wildman–Crippen MR) is 121 cm³/mol. The number of carbonyl (C=O) groups excluding carboxylic acids is 1. The summed E-state index contributed by atoms with van der Waals surface area (Å²) in [5.41, 5.74) is 1.91. The highest BCUT2D eigenvalue weighted by Gasteiger charge is 2.19. The molecule has 0 spiro atoms. The van der Waals surface area contributed by atoms with Crippen LogP contribution in [0.4, 0.5) is 10.8 Å². The third kappa shape index (κ3) is 4.16. The Hall–Kier alpha value is -2.94. The number of thiazole rings is 1. The van der Waals surface area contributed by atoms with Crippen molar-refractivity contribution in [3.8, 4) is 0 Å². The summed E-state index contributed by atoms with van der Waals surface area (Å²) in [6.45, 7) is 1.87. The van der Waals surface area contributed by atoms with E-state index in [1.165, 1.54) is 29.5 Å². The Kier molecular flexibility index (Phi) is 5.46. The van der Waals surface area contributed by atoms with Crippen molar-refractivity contribution in [1.82, 2.24) is 4.98 Å². The van der Waals surface area contributed by atoms with Crippen LogP contribution in [-0.2, 0) is 10.0 Å². The fourth-order valence-corrected chi connectivity index (χ4v) is 5.06. The zero-order chi connectivity index (χ0) is 21.3. The van der Waals surface area contributed by atoms with E-state index in [-0.39, 0.29) is 16.1 Å². The maximum absolute atomic E-state index is 12.9. The van der Waals surface area contributed by atoms with Crippen molar-refractivity contribution in [2.75, 3.05) is 10.0 Å². The Morgan fingerprint density at radius 1 is 1.00 bits per heavy atom. The fourth-order valence-electron chi connectivity index (χ4n) is 2.82. The minimum atomic E-state index is -3.85. The highest BCUT2D eigenvalue weighted by atomic mass is 35.5. The van der Waals surface area contributed by atoms with E-state index in [9.17, 15) is 13.2 Å². The number of anilines is 2. The second kappa shape index (κ2) is 8.06. The first-order chi connectivity index (χ1) is 14.3. The van der Waals surface area contributed by atoms with Crippen molar-refractivity contribution < 1.29 is 13.2 Å². The third-order valence-corrected chi connectivity index (χ3v) is 6.96. The van der Waals surface area contributed by atoms with Crippen molar-refractivity contribution in [1.29, 1.82) is 0 Å². The molecule has 0 radical (unpaired) electrons. The van der Waals surface area contributed by atoms with Crippen LogP contribution < -0.4 is 10.0 Å². The third-order valence-electron chi connectivity index (χ3n) is 4.34. The lowest BCUT2D eigenvalue weighted by Crippen LogP contribution is -2.18. The average Bonchev–Trinajstić information content (AvgIpc) is 3.12. The van der Waals surface area contributed by atoms with E-state index in [0.29, 0.717) is 15.7 Å². The molecule has 1 aromatic heterocycles. The Bertz CT molecular complexity index is 1350. The Balaban J connectivity index is 1.61. The largest absolute Gasteiger partial charge is 0.298 e. The van der Waals surface area contributed by atoms with Crippen molar-refractivity contribution in [2.24, 2.45) is 0 Å². The monoisotopic (exact) mass is 457 g/mol. The summed E-state index contributed by atoms with van der Waals surface area (Å²) in [4.78, 5) is 17.3. The molecule has 2 N–H and O–H groups in total. The predicted octanol–water partition coefficient (Wildman–Crippen LogP) is 5.31. The number of nitrogens with one attached hydrogen (secondary N) is 2. The molecule has 1 amide bonds. The molecule has 1 heterocycles. The lowest BCUT2D eigenvalue weighted by Gasteiger charge is -2.12. The maximum Gasteiger partial charge on any atom is 0.261 e. The summed E-state index contributed by atoms with van der Waals surface area (Å²) in [7, 11) is -3.85. The molecule has 152 valence electrons. The number of hydrogen-bond acceptors (Lipinski definition) is 5. The molecule has 30 heavy (non-hydrogen) atoms. The van der Waals surface area contributed by atoms with Gasteiger partial charge in [-0.25, -0.2) is 13.4 Å². The Labute approximate surface area is 182 Å². The number of nitrogens with zero attached hydrogens (tertiary/aromatic N) is 1. The highest BCUT2D eigenvalue weighted by molar-refractivity contribution is 7.92. The molecular weight excluding hydrogens is 442 g/mol. The van der Waals surface area contributed by atoms with Crippen LogP contribution in [0, 0.1) is 6.92 Å². The van der Waals surface area contributed by atoms with Crippen molar-refractivity contribution in [3.63, 3.8) is 0 Å². The summed E-state index contributed by atoms with van der Waals surface area (Å²) >= 11 is 7.43. The molecule has 3 aromatic carbocycles. The molecule has 0 aliphatic rings. The van der Waals surface area contributed by atoms with Gasteiger partial charge in [-0.1, -0.05) is 58.8 Å². The second-order valence-electron chi connectivity index (χ2n) is 6.52. The number of amides is 1. The van der Waals surface area contributed by atoms with Crippen LogP contribution >= 0.6 is 22.9 Å². The van der Waals surface area contributed by atoms with Crippen LogP contribution in [-0.4, -0.2) is 19.3 Å². The molecule has 4 aromatic rings. The van der Waals surface area contributed by atoms with Crippen LogP contribution in [0.15, 0.2) is 71.6 Å². The molecule has 0 atom stereocenters. The number of benzene rings is 3. The number of fused-ring (bicyclic) bond motifs is 1. The number of halogens is 1. The van der Waals surface area contributed by atoms with Crippen LogP contribution in [0.25, 0.3) is 10.2 Å². The number of carbonyl (C=O) groups is 1. The van der Waals surface area contributed by atoms with E-state index in [1.54, 1.807) is 36.4 Å². The zero-order valence-electron chi connectivity index (χ0n) is 15.7. The van der Waals surface area contributed by atoms with Gasteiger partial charge < -0.3 is 0 Å². The van der Waals surface area contributed by atoms with E-state index in [1.807, 2.05) is 19.1 Å². The average molecular weight is 458 g/mol. The molecule has 0 bridgehead atoms. The van der Waals surface area contributed by atoms with Gasteiger partial charge in [0, 0.05) is 0 Å². The fraction of sp³-hybridized carbons (Fsp3) is 0.0476. The lowest BCUT2D eigenvalue weighted by atomic mass is 10.2. The van der Waals surface area contributed by atoms with Gasteiger partial charge in [-0.3, -0.25) is 14.8 Å². The van der Waals surface area contributed by atoms with Gasteiger partial charge in [-0.15, -0.1) is 0 Å². The second-order valence-corrected chi connectivity index (χ2v) is 9.64. The first-order valence-electron chi connectivity index (χ1n) is 8.88. The minimum Gasteiger partial charge on any atom is -0.298 e. The molecule has 6 nitrogen and oxygen atoms in total. The first kappa shape index (κ1) is 20.3. The standard InChI is InChI=1S/C21H16ClN3O3S2/c1-13-9-11-14(12-10-13)30(27,28)25-17-7-3-2-5-15(17)20(26)24-21-23-19-16(22)6-4-8-18(19)29-21/h2-12,25H,1H3,(H,23,24,26). The molecule has 0 unspecified atom stereocenters. The smallest absolute Gasteiger partial charge is 0.261 e. The summed E-state index contributed by atoms with van der Waals surface area (Å²) in [5.74, 6) is -0.479. The van der Waals surface area contributed by atoms with E-state index in [0.717, 1.165) is 10.3 Å².